The van der Waals surface area contributed by atoms with Crippen LogP contribution in [0, 0.1) is 0 Å². The smallest absolute Gasteiger partial charge is 0.239 e. The van der Waals surface area contributed by atoms with Gasteiger partial charge in [0.15, 0.2) is 0 Å². The number of hydrogen-bond acceptors (Lipinski definition) is 3. The number of amides is 1. The fourth-order valence-corrected chi connectivity index (χ4v) is 2.76. The molecule has 0 aliphatic rings. The predicted molar refractivity (Wildman–Crippen MR) is 101 cm³/mol. The predicted octanol–water partition coefficient (Wildman–Crippen LogP) is 3.34. The summed E-state index contributed by atoms with van der Waals surface area (Å²) in [6, 6.07) is 15.8. The Bertz CT molecular complexity index is 824. The summed E-state index contributed by atoms with van der Waals surface area (Å²) in [6.07, 6.45) is 2.81. The molecule has 0 unspecified atom stereocenters. The molecule has 3 rings (SSSR count). The number of aromatic amines is 1. The number of fused-ring (bicyclic) bond motifs is 1. The summed E-state index contributed by atoms with van der Waals surface area (Å²) in [6.45, 7) is 3.46. The highest BCUT2D eigenvalue weighted by molar-refractivity contribution is 5.83. The zero-order valence-electron chi connectivity index (χ0n) is 14.3. The number of nitrogens with one attached hydrogen (secondary N) is 3. The van der Waals surface area contributed by atoms with Gasteiger partial charge in [0.1, 0.15) is 5.75 Å². The molecule has 5 heteroatoms. The molecule has 25 heavy (non-hydrogen) atoms. The zero-order chi connectivity index (χ0) is 17.5. The van der Waals surface area contributed by atoms with Crippen LogP contribution in [0.1, 0.15) is 12.5 Å². The third-order valence-electron chi connectivity index (χ3n) is 4.01. The number of benzene rings is 2. The van der Waals surface area contributed by atoms with Crippen LogP contribution in [0.15, 0.2) is 54.7 Å². The maximum Gasteiger partial charge on any atom is 0.239 e. The Labute approximate surface area is 147 Å². The molecule has 0 bridgehead atoms. The summed E-state index contributed by atoms with van der Waals surface area (Å²) >= 11 is 0. The summed E-state index contributed by atoms with van der Waals surface area (Å²) in [4.78, 5) is 15.2. The summed E-state index contributed by atoms with van der Waals surface area (Å²) in [7, 11) is 0. The monoisotopic (exact) mass is 337 g/mol. The average molecular weight is 337 g/mol. The van der Waals surface area contributed by atoms with Gasteiger partial charge in [0.05, 0.1) is 13.2 Å². The minimum atomic E-state index is -0.0197. The van der Waals surface area contributed by atoms with Crippen LogP contribution >= 0.6 is 0 Å². The Kier molecular flexibility index (Phi) is 5.57. The Morgan fingerprint density at radius 2 is 1.92 bits per heavy atom. The molecule has 3 N–H and O–H groups in total. The molecule has 3 aromatic rings. The van der Waals surface area contributed by atoms with E-state index < -0.39 is 0 Å². The molecule has 0 atom stereocenters. The maximum absolute atomic E-state index is 12.0. The summed E-state index contributed by atoms with van der Waals surface area (Å²) in [5, 5.41) is 7.27. The van der Waals surface area contributed by atoms with Crippen molar-refractivity contribution in [2.24, 2.45) is 0 Å². The van der Waals surface area contributed by atoms with Crippen molar-refractivity contribution in [1.29, 1.82) is 0 Å². The van der Waals surface area contributed by atoms with Gasteiger partial charge < -0.3 is 20.4 Å². The van der Waals surface area contributed by atoms with Crippen LogP contribution in [0.25, 0.3) is 10.9 Å². The molecule has 2 aromatic carbocycles. The first-order valence-corrected chi connectivity index (χ1v) is 8.54. The van der Waals surface area contributed by atoms with Gasteiger partial charge >= 0.3 is 0 Å². The van der Waals surface area contributed by atoms with Crippen LogP contribution < -0.4 is 15.4 Å². The molecule has 130 valence electrons. The van der Waals surface area contributed by atoms with Gasteiger partial charge in [0.25, 0.3) is 0 Å². The van der Waals surface area contributed by atoms with Crippen LogP contribution in [0.5, 0.6) is 5.75 Å². The van der Waals surface area contributed by atoms with Crippen LogP contribution in [0.4, 0.5) is 5.69 Å². The van der Waals surface area contributed by atoms with Gasteiger partial charge in [-0.3, -0.25) is 4.79 Å². The molecular weight excluding hydrogens is 314 g/mol. The van der Waals surface area contributed by atoms with Gasteiger partial charge in [-0.25, -0.2) is 0 Å². The van der Waals surface area contributed by atoms with Crippen molar-refractivity contribution in [2.45, 2.75) is 13.3 Å². The van der Waals surface area contributed by atoms with Crippen molar-refractivity contribution in [3.05, 3.63) is 60.3 Å². The Morgan fingerprint density at radius 3 is 2.72 bits per heavy atom. The largest absolute Gasteiger partial charge is 0.494 e. The van der Waals surface area contributed by atoms with E-state index in [-0.39, 0.29) is 12.5 Å². The highest BCUT2D eigenvalue weighted by Gasteiger charge is 2.05. The van der Waals surface area contributed by atoms with E-state index in [1.165, 1.54) is 10.9 Å². The minimum absolute atomic E-state index is 0.0197. The molecule has 0 aliphatic heterocycles. The fourth-order valence-electron chi connectivity index (χ4n) is 2.76. The number of aromatic nitrogens is 1. The molecule has 1 heterocycles. The zero-order valence-corrected chi connectivity index (χ0v) is 14.3. The van der Waals surface area contributed by atoms with Crippen molar-refractivity contribution in [3.8, 4) is 5.75 Å². The first-order valence-electron chi connectivity index (χ1n) is 8.54. The molecule has 1 amide bonds. The first-order chi connectivity index (χ1) is 12.3. The minimum Gasteiger partial charge on any atom is -0.494 e. The number of rotatable bonds is 8. The second kappa shape index (κ2) is 8.24. The van der Waals surface area contributed by atoms with Gasteiger partial charge in [0.2, 0.25) is 5.91 Å². The van der Waals surface area contributed by atoms with Crippen LogP contribution in [-0.4, -0.2) is 30.6 Å². The summed E-state index contributed by atoms with van der Waals surface area (Å²) in [5.41, 5.74) is 3.24. The SMILES string of the molecule is CCOc1ccc(NCC(=O)NCCc2c[nH]c3ccccc23)cc1. The van der Waals surface area contributed by atoms with Crippen LogP contribution in [-0.2, 0) is 11.2 Å². The van der Waals surface area contributed by atoms with E-state index in [0.29, 0.717) is 13.2 Å². The number of carbonyl (C=O) groups is 1. The molecule has 0 saturated carbocycles. The highest BCUT2D eigenvalue weighted by Crippen LogP contribution is 2.17. The molecule has 0 aliphatic carbocycles. The van der Waals surface area contributed by atoms with E-state index in [9.17, 15) is 4.79 Å². The van der Waals surface area contributed by atoms with Crippen LogP contribution in [0.3, 0.4) is 0 Å². The summed E-state index contributed by atoms with van der Waals surface area (Å²) in [5.74, 6) is 0.810. The van der Waals surface area contributed by atoms with E-state index in [1.54, 1.807) is 0 Å². The van der Waals surface area contributed by atoms with E-state index in [1.807, 2.05) is 49.5 Å². The van der Waals surface area contributed by atoms with Gasteiger partial charge in [-0.15, -0.1) is 0 Å². The average Bonchev–Trinajstić information content (AvgIpc) is 3.05. The number of para-hydroxylation sites is 1. The normalized spacial score (nSPS) is 10.6. The third-order valence-corrected chi connectivity index (χ3v) is 4.01. The highest BCUT2D eigenvalue weighted by atomic mass is 16.5. The van der Waals surface area contributed by atoms with E-state index in [2.05, 4.69) is 27.8 Å². The topological polar surface area (TPSA) is 66.2 Å². The quantitative estimate of drug-likeness (QED) is 0.591. The number of H-pyrrole nitrogens is 1. The van der Waals surface area contributed by atoms with Crippen molar-refractivity contribution >= 4 is 22.5 Å². The van der Waals surface area contributed by atoms with Gasteiger partial charge in [-0.1, -0.05) is 18.2 Å². The van der Waals surface area contributed by atoms with Crippen LogP contribution in [0.2, 0.25) is 0 Å². The van der Waals surface area contributed by atoms with Gasteiger partial charge in [-0.05, 0) is 49.2 Å². The van der Waals surface area contributed by atoms with Gasteiger partial charge in [0, 0.05) is 29.3 Å². The lowest BCUT2D eigenvalue weighted by atomic mass is 10.1. The standard InChI is InChI=1S/C20H23N3O2/c1-2-25-17-9-7-16(8-10-17)22-14-20(24)21-12-11-15-13-23-19-6-4-3-5-18(15)19/h3-10,13,22-23H,2,11-12,14H2,1H3,(H,21,24). The lowest BCUT2D eigenvalue weighted by Gasteiger charge is -2.09. The molecular formula is C20H23N3O2. The second-order valence-corrected chi connectivity index (χ2v) is 5.77. The lowest BCUT2D eigenvalue weighted by Crippen LogP contribution is -2.31. The third kappa shape index (κ3) is 4.53. The lowest BCUT2D eigenvalue weighted by molar-refractivity contribution is -0.119. The van der Waals surface area contributed by atoms with E-state index >= 15 is 0 Å². The number of carbonyl (C=O) groups excluding carboxylic acids is 1. The fraction of sp³-hybridized carbons (Fsp3) is 0.250. The number of hydrogen-bond donors (Lipinski definition) is 3. The number of anilines is 1. The van der Waals surface area contributed by atoms with Crippen molar-refractivity contribution in [1.82, 2.24) is 10.3 Å². The number of ether oxygens (including phenoxy) is 1. The van der Waals surface area contributed by atoms with Crippen molar-refractivity contribution in [3.63, 3.8) is 0 Å². The first kappa shape index (κ1) is 16.9. The van der Waals surface area contributed by atoms with Gasteiger partial charge in [-0.2, -0.15) is 0 Å². The Hall–Kier alpha value is -2.95. The second-order valence-electron chi connectivity index (χ2n) is 5.77. The molecule has 0 saturated heterocycles. The van der Waals surface area contributed by atoms with E-state index in [4.69, 9.17) is 4.74 Å². The molecule has 0 spiro atoms. The van der Waals surface area contributed by atoms with E-state index in [0.717, 1.165) is 23.4 Å². The molecule has 1 aromatic heterocycles. The summed E-state index contributed by atoms with van der Waals surface area (Å²) < 4.78 is 5.40. The Balaban J connectivity index is 1.42. The molecule has 5 nitrogen and oxygen atoms in total. The molecule has 0 radical (unpaired) electrons. The van der Waals surface area contributed by atoms with Crippen molar-refractivity contribution < 1.29 is 9.53 Å². The Morgan fingerprint density at radius 1 is 1.12 bits per heavy atom. The molecule has 0 fully saturated rings. The van der Waals surface area contributed by atoms with Crippen molar-refractivity contribution in [2.75, 3.05) is 25.0 Å². The maximum atomic E-state index is 12.0.